The summed E-state index contributed by atoms with van der Waals surface area (Å²) >= 11 is 5.83. The van der Waals surface area contributed by atoms with Gasteiger partial charge in [0.25, 0.3) is 5.91 Å². The lowest BCUT2D eigenvalue weighted by atomic mass is 10.1. The standard InChI is InChI=1S/C22H20ClFN2O3/c1-14(2)29-20-8-7-18(28-13-15-4-3-5-17(24)10-15)11-19(20)22(27)26-21-9-6-16(23)12-25-21/h3-12,14H,13H2,1-2H3,(H,25,26,27). The molecule has 1 N–H and O–H groups in total. The van der Waals surface area contributed by atoms with Gasteiger partial charge in [-0.2, -0.15) is 0 Å². The van der Waals surface area contributed by atoms with Gasteiger partial charge in [-0.05, 0) is 61.9 Å². The average molecular weight is 415 g/mol. The monoisotopic (exact) mass is 414 g/mol. The second kappa shape index (κ2) is 9.39. The molecule has 5 nitrogen and oxygen atoms in total. The van der Waals surface area contributed by atoms with Gasteiger partial charge in [-0.15, -0.1) is 0 Å². The quantitative estimate of drug-likeness (QED) is 0.555. The van der Waals surface area contributed by atoms with Crippen LogP contribution in [-0.2, 0) is 6.61 Å². The van der Waals surface area contributed by atoms with Gasteiger partial charge >= 0.3 is 0 Å². The van der Waals surface area contributed by atoms with Gasteiger partial charge in [0.15, 0.2) is 0 Å². The zero-order chi connectivity index (χ0) is 20.8. The number of pyridine rings is 1. The first-order valence-corrected chi connectivity index (χ1v) is 9.39. The fraction of sp³-hybridized carbons (Fsp3) is 0.182. The van der Waals surface area contributed by atoms with Crippen LogP contribution in [0.15, 0.2) is 60.8 Å². The molecule has 7 heteroatoms. The molecule has 3 rings (SSSR count). The normalized spacial score (nSPS) is 10.7. The number of anilines is 1. The summed E-state index contributed by atoms with van der Waals surface area (Å²) in [6.45, 7) is 3.91. The second-order valence-corrected chi connectivity index (χ2v) is 7.00. The third-order valence-corrected chi connectivity index (χ3v) is 4.05. The van der Waals surface area contributed by atoms with E-state index in [4.69, 9.17) is 21.1 Å². The van der Waals surface area contributed by atoms with E-state index in [1.807, 2.05) is 13.8 Å². The molecule has 0 atom stereocenters. The number of hydrogen-bond acceptors (Lipinski definition) is 4. The topological polar surface area (TPSA) is 60.5 Å². The molecule has 3 aromatic rings. The van der Waals surface area contributed by atoms with E-state index >= 15 is 0 Å². The lowest BCUT2D eigenvalue weighted by molar-refractivity contribution is 0.102. The molecule has 0 fully saturated rings. The van der Waals surface area contributed by atoms with E-state index in [-0.39, 0.29) is 18.5 Å². The van der Waals surface area contributed by atoms with Crippen molar-refractivity contribution in [3.8, 4) is 11.5 Å². The number of benzene rings is 2. The summed E-state index contributed by atoms with van der Waals surface area (Å²) in [5.74, 6) is 0.513. The molecule has 0 aliphatic heterocycles. The van der Waals surface area contributed by atoms with E-state index in [2.05, 4.69) is 10.3 Å². The van der Waals surface area contributed by atoms with E-state index in [0.717, 1.165) is 0 Å². The number of rotatable bonds is 7. The zero-order valence-corrected chi connectivity index (χ0v) is 16.7. The molecule has 0 unspecified atom stereocenters. The van der Waals surface area contributed by atoms with Crippen molar-refractivity contribution in [1.82, 2.24) is 4.98 Å². The number of nitrogens with one attached hydrogen (secondary N) is 1. The van der Waals surface area contributed by atoms with Crippen LogP contribution in [0.5, 0.6) is 11.5 Å². The highest BCUT2D eigenvalue weighted by atomic mass is 35.5. The molecule has 0 bridgehead atoms. The van der Waals surface area contributed by atoms with E-state index < -0.39 is 5.91 Å². The Hall–Kier alpha value is -3.12. The van der Waals surface area contributed by atoms with Gasteiger partial charge in [0.2, 0.25) is 0 Å². The molecule has 2 aromatic carbocycles. The first-order valence-electron chi connectivity index (χ1n) is 9.01. The Bertz CT molecular complexity index is 994. The maximum Gasteiger partial charge on any atom is 0.260 e. The van der Waals surface area contributed by atoms with Crippen molar-refractivity contribution in [3.05, 3.63) is 82.8 Å². The molecule has 150 valence electrons. The Labute approximate surface area is 173 Å². The van der Waals surface area contributed by atoms with Crippen LogP contribution in [-0.4, -0.2) is 17.0 Å². The molecule has 1 amide bonds. The summed E-state index contributed by atoms with van der Waals surface area (Å²) in [5, 5.41) is 3.19. The molecule has 29 heavy (non-hydrogen) atoms. The lowest BCUT2D eigenvalue weighted by Gasteiger charge is -2.16. The summed E-state index contributed by atoms with van der Waals surface area (Å²) < 4.78 is 24.8. The number of carbonyl (C=O) groups is 1. The predicted molar refractivity (Wildman–Crippen MR) is 110 cm³/mol. The molecule has 0 saturated heterocycles. The maximum absolute atomic E-state index is 13.3. The van der Waals surface area contributed by atoms with Crippen molar-refractivity contribution in [2.24, 2.45) is 0 Å². The van der Waals surface area contributed by atoms with E-state index in [1.165, 1.54) is 18.3 Å². The van der Waals surface area contributed by atoms with Crippen LogP contribution in [0.1, 0.15) is 29.8 Å². The third kappa shape index (κ3) is 5.93. The summed E-state index contributed by atoms with van der Waals surface area (Å²) in [7, 11) is 0. The Balaban J connectivity index is 1.80. The minimum Gasteiger partial charge on any atom is -0.490 e. The van der Waals surface area contributed by atoms with Crippen LogP contribution < -0.4 is 14.8 Å². The van der Waals surface area contributed by atoms with Gasteiger partial charge in [0.05, 0.1) is 16.7 Å². The zero-order valence-electron chi connectivity index (χ0n) is 16.0. The number of amides is 1. The third-order valence-electron chi connectivity index (χ3n) is 3.82. The molecule has 0 spiro atoms. The highest BCUT2D eigenvalue weighted by Gasteiger charge is 2.16. The Morgan fingerprint density at radius 1 is 1.17 bits per heavy atom. The van der Waals surface area contributed by atoms with Crippen LogP contribution in [0, 0.1) is 5.82 Å². The summed E-state index contributed by atoms with van der Waals surface area (Å²) in [5.41, 5.74) is 0.982. The molecule has 1 heterocycles. The van der Waals surface area contributed by atoms with Crippen molar-refractivity contribution in [2.75, 3.05) is 5.32 Å². The van der Waals surface area contributed by atoms with Gasteiger partial charge < -0.3 is 14.8 Å². The van der Waals surface area contributed by atoms with E-state index in [9.17, 15) is 9.18 Å². The van der Waals surface area contributed by atoms with Crippen LogP contribution in [0.4, 0.5) is 10.2 Å². The Kier molecular flexibility index (Phi) is 6.67. The van der Waals surface area contributed by atoms with Crippen molar-refractivity contribution in [2.45, 2.75) is 26.6 Å². The Morgan fingerprint density at radius 2 is 2.00 bits per heavy atom. The van der Waals surface area contributed by atoms with E-state index in [1.54, 1.807) is 42.5 Å². The summed E-state index contributed by atoms with van der Waals surface area (Å²) in [6, 6.07) is 14.3. The summed E-state index contributed by atoms with van der Waals surface area (Å²) in [6.07, 6.45) is 1.33. The molecule has 1 aromatic heterocycles. The molecule has 0 aliphatic carbocycles. The van der Waals surface area contributed by atoms with Gasteiger partial charge in [-0.1, -0.05) is 23.7 Å². The van der Waals surface area contributed by atoms with Gasteiger partial charge in [0, 0.05) is 6.20 Å². The van der Waals surface area contributed by atoms with Crippen LogP contribution in [0.3, 0.4) is 0 Å². The molecular weight excluding hydrogens is 395 g/mol. The van der Waals surface area contributed by atoms with Crippen molar-refractivity contribution in [3.63, 3.8) is 0 Å². The van der Waals surface area contributed by atoms with Gasteiger partial charge in [-0.25, -0.2) is 9.37 Å². The maximum atomic E-state index is 13.3. The van der Waals surface area contributed by atoms with Crippen LogP contribution >= 0.6 is 11.6 Å². The SMILES string of the molecule is CC(C)Oc1ccc(OCc2cccc(F)c2)cc1C(=O)Nc1ccc(Cl)cn1. The predicted octanol–water partition coefficient (Wildman–Crippen LogP) is 5.49. The highest BCUT2D eigenvalue weighted by Crippen LogP contribution is 2.27. The minimum atomic E-state index is -0.397. The highest BCUT2D eigenvalue weighted by molar-refractivity contribution is 6.30. The van der Waals surface area contributed by atoms with Crippen molar-refractivity contribution in [1.29, 1.82) is 0 Å². The first kappa shape index (κ1) is 20.6. The first-order chi connectivity index (χ1) is 13.9. The number of ether oxygens (including phenoxy) is 2. The fourth-order valence-corrected chi connectivity index (χ4v) is 2.67. The largest absolute Gasteiger partial charge is 0.490 e. The van der Waals surface area contributed by atoms with Crippen molar-refractivity contribution < 1.29 is 18.7 Å². The van der Waals surface area contributed by atoms with Gasteiger partial charge in [-0.3, -0.25) is 4.79 Å². The number of aromatic nitrogens is 1. The minimum absolute atomic E-state index is 0.116. The number of hydrogen-bond donors (Lipinski definition) is 1. The molecule has 0 saturated carbocycles. The number of nitrogens with zero attached hydrogens (tertiary/aromatic N) is 1. The van der Waals surface area contributed by atoms with Crippen molar-refractivity contribution >= 4 is 23.3 Å². The van der Waals surface area contributed by atoms with E-state index in [0.29, 0.717) is 33.5 Å². The molecule has 0 radical (unpaired) electrons. The second-order valence-electron chi connectivity index (χ2n) is 6.56. The average Bonchev–Trinajstić information content (AvgIpc) is 2.68. The van der Waals surface area contributed by atoms with Gasteiger partial charge in [0.1, 0.15) is 29.7 Å². The summed E-state index contributed by atoms with van der Waals surface area (Å²) in [4.78, 5) is 16.9. The Morgan fingerprint density at radius 3 is 2.69 bits per heavy atom. The lowest BCUT2D eigenvalue weighted by Crippen LogP contribution is -2.16. The van der Waals surface area contributed by atoms with Crippen LogP contribution in [0.25, 0.3) is 0 Å². The molecular formula is C22H20ClFN2O3. The number of halogens is 2. The fourth-order valence-electron chi connectivity index (χ4n) is 2.56. The smallest absolute Gasteiger partial charge is 0.260 e. The number of carbonyl (C=O) groups excluding carboxylic acids is 1. The van der Waals surface area contributed by atoms with Crippen LogP contribution in [0.2, 0.25) is 5.02 Å². The molecule has 0 aliphatic rings.